The van der Waals surface area contributed by atoms with E-state index < -0.39 is 11.9 Å². The van der Waals surface area contributed by atoms with Crippen LogP contribution >= 0.6 is 0 Å². The first kappa shape index (κ1) is 13.7. The Morgan fingerprint density at radius 2 is 2.19 bits per heavy atom. The molecule has 0 saturated heterocycles. The smallest absolute Gasteiger partial charge is 0.307 e. The van der Waals surface area contributed by atoms with Crippen LogP contribution in [0.4, 0.5) is 4.39 Å². The minimum atomic E-state index is -0.827. The minimum absolute atomic E-state index is 0.232. The fourth-order valence-electron chi connectivity index (χ4n) is 2.85. The topological polar surface area (TPSA) is 76.2 Å². The van der Waals surface area contributed by atoms with E-state index in [0.717, 1.165) is 12.8 Å². The summed E-state index contributed by atoms with van der Waals surface area (Å²) in [5, 5.41) is 13.0. The number of hydrogen-bond donors (Lipinski definition) is 1. The molecular weight excluding hydrogens is 275 g/mol. The zero-order valence-corrected chi connectivity index (χ0v) is 11.3. The van der Waals surface area contributed by atoms with Gasteiger partial charge in [0.2, 0.25) is 5.89 Å². The molecule has 1 aliphatic rings. The Bertz CT molecular complexity index is 656. The largest absolute Gasteiger partial charge is 0.481 e. The molecular formula is C15H15FN2O3. The third-order valence-electron chi connectivity index (χ3n) is 3.94. The maximum Gasteiger partial charge on any atom is 0.307 e. The molecule has 1 aromatic heterocycles. The van der Waals surface area contributed by atoms with Gasteiger partial charge in [0.25, 0.3) is 0 Å². The molecule has 0 bridgehead atoms. The predicted molar refractivity (Wildman–Crippen MR) is 71.2 cm³/mol. The number of carbonyl (C=O) groups is 1. The first-order valence-electron chi connectivity index (χ1n) is 6.94. The van der Waals surface area contributed by atoms with Crippen LogP contribution in [0.25, 0.3) is 0 Å². The summed E-state index contributed by atoms with van der Waals surface area (Å²) in [6.45, 7) is 0. The Kier molecular flexibility index (Phi) is 3.68. The van der Waals surface area contributed by atoms with E-state index in [4.69, 9.17) is 4.52 Å². The van der Waals surface area contributed by atoms with E-state index >= 15 is 0 Å². The van der Waals surface area contributed by atoms with Gasteiger partial charge in [0.05, 0.1) is 11.8 Å². The fourth-order valence-corrected chi connectivity index (χ4v) is 2.85. The lowest BCUT2D eigenvalue weighted by atomic mass is 9.96. The molecule has 2 unspecified atom stereocenters. The van der Waals surface area contributed by atoms with E-state index in [0.29, 0.717) is 23.7 Å². The third kappa shape index (κ3) is 2.79. The van der Waals surface area contributed by atoms with Gasteiger partial charge >= 0.3 is 5.97 Å². The Morgan fingerprint density at radius 3 is 2.95 bits per heavy atom. The standard InChI is InChI=1S/C15H15FN2O3/c16-12-7-2-1-4-9(12)8-13-17-14(21-18-13)10-5-3-6-11(10)15(19)20/h1-2,4,7,10-11H,3,5-6,8H2,(H,19,20). The Morgan fingerprint density at radius 1 is 1.38 bits per heavy atom. The number of carboxylic acids is 1. The van der Waals surface area contributed by atoms with Crippen molar-refractivity contribution < 1.29 is 18.8 Å². The Balaban J connectivity index is 1.78. The molecule has 1 fully saturated rings. The van der Waals surface area contributed by atoms with E-state index in [-0.39, 0.29) is 18.2 Å². The van der Waals surface area contributed by atoms with Crippen LogP contribution in [0, 0.1) is 11.7 Å². The molecule has 0 aliphatic heterocycles. The number of carboxylic acid groups (broad SMARTS) is 1. The van der Waals surface area contributed by atoms with Gasteiger partial charge in [-0.15, -0.1) is 0 Å². The van der Waals surface area contributed by atoms with Crippen molar-refractivity contribution in [2.45, 2.75) is 31.6 Å². The highest BCUT2D eigenvalue weighted by molar-refractivity contribution is 5.71. The summed E-state index contributed by atoms with van der Waals surface area (Å²) in [5.41, 5.74) is 0.492. The molecule has 2 atom stereocenters. The maximum absolute atomic E-state index is 13.6. The highest BCUT2D eigenvalue weighted by atomic mass is 19.1. The molecule has 0 spiro atoms. The lowest BCUT2D eigenvalue weighted by Crippen LogP contribution is -2.17. The van der Waals surface area contributed by atoms with Crippen LogP contribution in [0.1, 0.15) is 42.5 Å². The van der Waals surface area contributed by atoms with Crippen LogP contribution in [0.2, 0.25) is 0 Å². The van der Waals surface area contributed by atoms with Gasteiger partial charge in [-0.2, -0.15) is 4.98 Å². The van der Waals surface area contributed by atoms with E-state index in [1.54, 1.807) is 18.2 Å². The normalized spacial score (nSPS) is 21.6. The summed E-state index contributed by atoms with van der Waals surface area (Å²) in [6.07, 6.45) is 2.44. The van der Waals surface area contributed by atoms with Gasteiger partial charge in [-0.25, -0.2) is 4.39 Å². The fraction of sp³-hybridized carbons (Fsp3) is 0.400. The molecule has 1 aromatic carbocycles. The molecule has 5 nitrogen and oxygen atoms in total. The Hall–Kier alpha value is -2.24. The lowest BCUT2D eigenvalue weighted by molar-refractivity contribution is -0.142. The van der Waals surface area contributed by atoms with Gasteiger partial charge in [-0.05, 0) is 24.5 Å². The maximum atomic E-state index is 13.6. The van der Waals surface area contributed by atoms with Gasteiger partial charge in [-0.3, -0.25) is 4.79 Å². The van der Waals surface area contributed by atoms with Gasteiger partial charge in [-0.1, -0.05) is 29.8 Å². The van der Waals surface area contributed by atoms with Crippen molar-refractivity contribution in [3.8, 4) is 0 Å². The summed E-state index contributed by atoms with van der Waals surface area (Å²) in [4.78, 5) is 15.4. The van der Waals surface area contributed by atoms with E-state index in [1.807, 2.05) is 0 Å². The van der Waals surface area contributed by atoms with Crippen molar-refractivity contribution in [3.05, 3.63) is 47.4 Å². The second-order valence-corrected chi connectivity index (χ2v) is 5.30. The summed E-state index contributed by atoms with van der Waals surface area (Å²) in [7, 11) is 0. The van der Waals surface area contributed by atoms with Gasteiger partial charge in [0, 0.05) is 6.42 Å². The van der Waals surface area contributed by atoms with Crippen molar-refractivity contribution in [2.24, 2.45) is 5.92 Å². The minimum Gasteiger partial charge on any atom is -0.481 e. The molecule has 21 heavy (non-hydrogen) atoms. The quantitative estimate of drug-likeness (QED) is 0.937. The summed E-state index contributed by atoms with van der Waals surface area (Å²) in [5.74, 6) is -1.10. The van der Waals surface area contributed by atoms with Crippen molar-refractivity contribution in [1.82, 2.24) is 10.1 Å². The molecule has 3 rings (SSSR count). The lowest BCUT2D eigenvalue weighted by Gasteiger charge is -2.10. The average molecular weight is 290 g/mol. The number of aliphatic carboxylic acids is 1. The summed E-state index contributed by atoms with van der Waals surface area (Å²) < 4.78 is 18.8. The number of rotatable bonds is 4. The van der Waals surface area contributed by atoms with E-state index in [1.165, 1.54) is 6.07 Å². The number of aromatic nitrogens is 2. The zero-order chi connectivity index (χ0) is 14.8. The van der Waals surface area contributed by atoms with Gasteiger partial charge < -0.3 is 9.63 Å². The number of halogens is 1. The Labute approximate surface area is 120 Å². The van der Waals surface area contributed by atoms with Crippen LogP contribution in [-0.4, -0.2) is 21.2 Å². The van der Waals surface area contributed by atoms with Crippen LogP contribution in [-0.2, 0) is 11.2 Å². The van der Waals surface area contributed by atoms with Crippen molar-refractivity contribution >= 4 is 5.97 Å². The second-order valence-electron chi connectivity index (χ2n) is 5.30. The predicted octanol–water partition coefficient (Wildman–Crippen LogP) is 2.77. The van der Waals surface area contributed by atoms with Crippen molar-refractivity contribution in [1.29, 1.82) is 0 Å². The third-order valence-corrected chi connectivity index (χ3v) is 3.94. The highest BCUT2D eigenvalue weighted by Crippen LogP contribution is 2.39. The first-order valence-corrected chi connectivity index (χ1v) is 6.94. The van der Waals surface area contributed by atoms with Crippen molar-refractivity contribution in [2.75, 3.05) is 0 Å². The zero-order valence-electron chi connectivity index (χ0n) is 11.3. The number of benzene rings is 1. The molecule has 1 N–H and O–H groups in total. The van der Waals surface area contributed by atoms with Crippen LogP contribution in [0.3, 0.4) is 0 Å². The van der Waals surface area contributed by atoms with Crippen LogP contribution in [0.5, 0.6) is 0 Å². The van der Waals surface area contributed by atoms with Crippen LogP contribution in [0.15, 0.2) is 28.8 Å². The molecule has 110 valence electrons. The molecule has 1 saturated carbocycles. The molecule has 1 aliphatic carbocycles. The molecule has 6 heteroatoms. The van der Waals surface area contributed by atoms with Crippen molar-refractivity contribution in [3.63, 3.8) is 0 Å². The van der Waals surface area contributed by atoms with Gasteiger partial charge in [0.15, 0.2) is 5.82 Å². The molecule has 1 heterocycles. The summed E-state index contributed by atoms with van der Waals surface area (Å²) in [6, 6.07) is 6.42. The summed E-state index contributed by atoms with van der Waals surface area (Å²) >= 11 is 0. The average Bonchev–Trinajstić information content (AvgIpc) is 3.09. The van der Waals surface area contributed by atoms with Gasteiger partial charge in [0.1, 0.15) is 5.82 Å². The molecule has 2 aromatic rings. The second kappa shape index (κ2) is 5.63. The van der Waals surface area contributed by atoms with Crippen LogP contribution < -0.4 is 0 Å². The van der Waals surface area contributed by atoms with E-state index in [9.17, 15) is 14.3 Å². The van der Waals surface area contributed by atoms with E-state index in [2.05, 4.69) is 10.1 Å². The first-order chi connectivity index (χ1) is 10.1. The molecule has 0 amide bonds. The monoisotopic (exact) mass is 290 g/mol. The molecule has 0 radical (unpaired) electrons. The SMILES string of the molecule is O=C(O)C1CCCC1c1nc(Cc2ccccc2F)no1. The number of hydrogen-bond acceptors (Lipinski definition) is 4. The highest BCUT2D eigenvalue weighted by Gasteiger charge is 2.37. The number of nitrogens with zero attached hydrogens (tertiary/aromatic N) is 2.